The molecule has 1 amide bonds. The molecule has 5 nitrogen and oxygen atoms in total. The van der Waals surface area contributed by atoms with E-state index in [1.54, 1.807) is 12.3 Å². The lowest BCUT2D eigenvalue weighted by atomic mass is 10.3. The number of ether oxygens (including phenoxy) is 1. The van der Waals surface area contributed by atoms with Gasteiger partial charge < -0.3 is 9.64 Å². The fraction of sp³-hybridized carbons (Fsp3) is 0.545. The molecule has 0 aliphatic rings. The van der Waals surface area contributed by atoms with Gasteiger partial charge in [0, 0.05) is 11.9 Å². The molecule has 0 bridgehead atoms. The van der Waals surface area contributed by atoms with E-state index in [1.165, 1.54) is 16.2 Å². The largest absolute Gasteiger partial charge is 0.465 e. The first-order valence-electron chi connectivity index (χ1n) is 5.45. The standard InChI is InChI=1S/C11H16N2O3S/c1-4-13(6-10(14)16-5-2)11(15)9-7-17-8(3)12-9/h7H,4-6H2,1-3H3. The van der Waals surface area contributed by atoms with Gasteiger partial charge in [-0.2, -0.15) is 0 Å². The lowest BCUT2D eigenvalue weighted by Gasteiger charge is -2.18. The van der Waals surface area contributed by atoms with Crippen LogP contribution in [-0.4, -0.2) is 41.5 Å². The van der Waals surface area contributed by atoms with E-state index < -0.39 is 5.97 Å². The molecule has 1 aromatic heterocycles. The number of esters is 1. The Balaban J connectivity index is 2.67. The number of rotatable bonds is 5. The molecule has 1 rings (SSSR count). The second-order valence-electron chi connectivity index (χ2n) is 3.38. The second kappa shape index (κ2) is 6.34. The van der Waals surface area contributed by atoms with Crippen LogP contribution in [0.1, 0.15) is 29.3 Å². The van der Waals surface area contributed by atoms with Crippen LogP contribution in [0.2, 0.25) is 0 Å². The van der Waals surface area contributed by atoms with Crippen molar-refractivity contribution < 1.29 is 14.3 Å². The van der Waals surface area contributed by atoms with Crippen LogP contribution in [0.15, 0.2) is 5.38 Å². The summed E-state index contributed by atoms with van der Waals surface area (Å²) in [5.41, 5.74) is 0.388. The summed E-state index contributed by atoms with van der Waals surface area (Å²) >= 11 is 1.41. The van der Waals surface area contributed by atoms with Crippen molar-refractivity contribution in [1.82, 2.24) is 9.88 Å². The van der Waals surface area contributed by atoms with E-state index in [0.717, 1.165) is 5.01 Å². The number of hydrogen-bond acceptors (Lipinski definition) is 5. The summed E-state index contributed by atoms with van der Waals surface area (Å²) in [5, 5.41) is 2.53. The van der Waals surface area contributed by atoms with Crippen LogP contribution in [0.25, 0.3) is 0 Å². The average molecular weight is 256 g/mol. The third-order valence-electron chi connectivity index (χ3n) is 2.13. The van der Waals surface area contributed by atoms with Crippen LogP contribution in [0, 0.1) is 6.92 Å². The maximum absolute atomic E-state index is 12.0. The van der Waals surface area contributed by atoms with Crippen molar-refractivity contribution >= 4 is 23.2 Å². The fourth-order valence-electron chi connectivity index (χ4n) is 1.31. The summed E-state index contributed by atoms with van der Waals surface area (Å²) in [7, 11) is 0. The topological polar surface area (TPSA) is 59.5 Å². The minimum Gasteiger partial charge on any atom is -0.465 e. The van der Waals surface area contributed by atoms with E-state index in [2.05, 4.69) is 4.98 Å². The highest BCUT2D eigenvalue weighted by molar-refractivity contribution is 7.09. The monoisotopic (exact) mass is 256 g/mol. The van der Waals surface area contributed by atoms with Gasteiger partial charge >= 0.3 is 5.97 Å². The van der Waals surface area contributed by atoms with E-state index in [-0.39, 0.29) is 12.5 Å². The van der Waals surface area contributed by atoms with Crippen molar-refractivity contribution in [1.29, 1.82) is 0 Å². The first-order chi connectivity index (χ1) is 8.08. The van der Waals surface area contributed by atoms with Gasteiger partial charge in [-0.3, -0.25) is 9.59 Å². The number of carbonyl (C=O) groups is 2. The van der Waals surface area contributed by atoms with Crippen molar-refractivity contribution in [3.05, 3.63) is 16.1 Å². The molecular weight excluding hydrogens is 240 g/mol. The van der Waals surface area contributed by atoms with Crippen LogP contribution < -0.4 is 0 Å². The summed E-state index contributed by atoms with van der Waals surface area (Å²) < 4.78 is 4.81. The number of amides is 1. The third kappa shape index (κ3) is 3.81. The van der Waals surface area contributed by atoms with Crippen molar-refractivity contribution in [3.63, 3.8) is 0 Å². The van der Waals surface area contributed by atoms with E-state index in [1.807, 2.05) is 13.8 Å². The first-order valence-corrected chi connectivity index (χ1v) is 6.33. The molecule has 94 valence electrons. The first kappa shape index (κ1) is 13.6. The zero-order chi connectivity index (χ0) is 12.8. The molecule has 0 atom stereocenters. The molecule has 0 spiro atoms. The molecule has 0 aliphatic carbocycles. The summed E-state index contributed by atoms with van der Waals surface area (Å²) in [6.07, 6.45) is 0. The molecular formula is C11H16N2O3S. The summed E-state index contributed by atoms with van der Waals surface area (Å²) in [5.74, 6) is -0.625. The molecule has 1 heterocycles. The molecule has 0 radical (unpaired) electrons. The lowest BCUT2D eigenvalue weighted by molar-refractivity contribution is -0.143. The molecule has 6 heteroatoms. The highest BCUT2D eigenvalue weighted by Gasteiger charge is 2.19. The number of aromatic nitrogens is 1. The summed E-state index contributed by atoms with van der Waals surface area (Å²) in [6.45, 7) is 6.13. The van der Waals surface area contributed by atoms with Crippen LogP contribution in [0.5, 0.6) is 0 Å². The number of likely N-dealkylation sites (N-methyl/N-ethyl adjacent to an activating group) is 1. The smallest absolute Gasteiger partial charge is 0.325 e. The Morgan fingerprint density at radius 1 is 1.47 bits per heavy atom. The quantitative estimate of drug-likeness (QED) is 0.749. The SMILES string of the molecule is CCOC(=O)CN(CC)C(=O)c1csc(C)n1. The highest BCUT2D eigenvalue weighted by Crippen LogP contribution is 2.10. The van der Waals surface area contributed by atoms with Gasteiger partial charge in [0.05, 0.1) is 11.6 Å². The molecule has 0 saturated carbocycles. The fourth-order valence-corrected chi connectivity index (χ4v) is 1.90. The maximum Gasteiger partial charge on any atom is 0.325 e. The molecule has 0 N–H and O–H groups in total. The van der Waals surface area contributed by atoms with Crippen molar-refractivity contribution in [2.45, 2.75) is 20.8 Å². The molecule has 0 aromatic carbocycles. The Morgan fingerprint density at radius 2 is 2.18 bits per heavy atom. The summed E-state index contributed by atoms with van der Waals surface area (Å²) in [6, 6.07) is 0. The van der Waals surface area contributed by atoms with E-state index >= 15 is 0 Å². The Morgan fingerprint density at radius 3 is 2.65 bits per heavy atom. The van der Waals surface area contributed by atoms with Crippen LogP contribution in [0.3, 0.4) is 0 Å². The Kier molecular flexibility index (Phi) is 5.09. The van der Waals surface area contributed by atoms with E-state index in [9.17, 15) is 9.59 Å². The number of hydrogen-bond donors (Lipinski definition) is 0. The van der Waals surface area contributed by atoms with Crippen LogP contribution in [-0.2, 0) is 9.53 Å². The number of aryl methyl sites for hydroxylation is 1. The van der Waals surface area contributed by atoms with Gasteiger partial charge in [0.2, 0.25) is 0 Å². The molecule has 17 heavy (non-hydrogen) atoms. The van der Waals surface area contributed by atoms with E-state index in [4.69, 9.17) is 4.74 Å². The average Bonchev–Trinajstić information content (AvgIpc) is 2.72. The zero-order valence-electron chi connectivity index (χ0n) is 10.2. The van der Waals surface area contributed by atoms with Gasteiger partial charge in [0.15, 0.2) is 0 Å². The molecule has 1 aromatic rings. The van der Waals surface area contributed by atoms with Gasteiger partial charge in [-0.15, -0.1) is 11.3 Å². The van der Waals surface area contributed by atoms with Crippen molar-refractivity contribution in [3.8, 4) is 0 Å². The predicted octanol–water partition coefficient (Wildman–Crippen LogP) is 1.48. The van der Waals surface area contributed by atoms with Crippen LogP contribution in [0.4, 0.5) is 0 Å². The van der Waals surface area contributed by atoms with Gasteiger partial charge in [0.25, 0.3) is 5.91 Å². The predicted molar refractivity (Wildman–Crippen MR) is 65.1 cm³/mol. The van der Waals surface area contributed by atoms with Gasteiger partial charge in [0.1, 0.15) is 12.2 Å². The Hall–Kier alpha value is -1.43. The lowest BCUT2D eigenvalue weighted by Crippen LogP contribution is -2.36. The molecule has 0 saturated heterocycles. The van der Waals surface area contributed by atoms with Crippen molar-refractivity contribution in [2.24, 2.45) is 0 Å². The number of carbonyl (C=O) groups excluding carboxylic acids is 2. The van der Waals surface area contributed by atoms with E-state index in [0.29, 0.717) is 18.8 Å². The summed E-state index contributed by atoms with van der Waals surface area (Å²) in [4.78, 5) is 28.8. The third-order valence-corrected chi connectivity index (χ3v) is 2.91. The Bertz CT molecular complexity index is 403. The number of thiazole rings is 1. The van der Waals surface area contributed by atoms with Gasteiger partial charge in [-0.1, -0.05) is 0 Å². The maximum atomic E-state index is 12.0. The van der Waals surface area contributed by atoms with Gasteiger partial charge in [-0.25, -0.2) is 4.98 Å². The Labute approximate surface area is 104 Å². The minimum absolute atomic E-state index is 0.0280. The molecule has 0 aliphatic heterocycles. The highest BCUT2D eigenvalue weighted by atomic mass is 32.1. The molecule has 0 unspecified atom stereocenters. The van der Waals surface area contributed by atoms with Crippen molar-refractivity contribution in [2.75, 3.05) is 19.7 Å². The normalized spacial score (nSPS) is 10.1. The second-order valence-corrected chi connectivity index (χ2v) is 4.44. The molecule has 0 fully saturated rings. The minimum atomic E-state index is -0.394. The van der Waals surface area contributed by atoms with Crippen LogP contribution >= 0.6 is 11.3 Å². The van der Waals surface area contributed by atoms with Gasteiger partial charge in [-0.05, 0) is 20.8 Å². The zero-order valence-corrected chi connectivity index (χ0v) is 11.0. The number of nitrogens with zero attached hydrogens (tertiary/aromatic N) is 2.